The molecular weight excluding hydrogens is 348 g/mol. The second kappa shape index (κ2) is 7.67. The zero-order valence-electron chi connectivity index (χ0n) is 15.3. The summed E-state index contributed by atoms with van der Waals surface area (Å²) in [7, 11) is 0. The van der Waals surface area contributed by atoms with Crippen molar-refractivity contribution in [1.82, 2.24) is 9.88 Å². The zero-order valence-corrected chi connectivity index (χ0v) is 16.1. The van der Waals surface area contributed by atoms with E-state index in [2.05, 4.69) is 0 Å². The van der Waals surface area contributed by atoms with E-state index in [1.807, 2.05) is 16.2 Å². The molecule has 1 aromatic rings. The number of likely N-dealkylation sites (tertiary alicyclic amines) is 1. The van der Waals surface area contributed by atoms with E-state index in [-0.39, 0.29) is 17.7 Å². The lowest BCUT2D eigenvalue weighted by Gasteiger charge is -2.35. The molecule has 2 fully saturated rings. The number of fused-ring (bicyclic) bond motifs is 1. The molecule has 1 saturated heterocycles. The lowest BCUT2D eigenvalue weighted by atomic mass is 9.81. The molecule has 142 valence electrons. The van der Waals surface area contributed by atoms with Crippen LogP contribution in [0.3, 0.4) is 0 Å². The Morgan fingerprint density at radius 1 is 0.962 bits per heavy atom. The number of carboxylic acid groups (broad SMARTS) is 1. The highest BCUT2D eigenvalue weighted by molar-refractivity contribution is 7.11. The van der Waals surface area contributed by atoms with E-state index >= 15 is 0 Å². The number of aryl methyl sites for hydroxylation is 2. The van der Waals surface area contributed by atoms with E-state index in [0.29, 0.717) is 18.8 Å². The SMILES string of the molecule is O=C(O)C1CCC(C(=O)N2CCC(c3nc4c(s3)CCCC4)CC2)CC1. The monoisotopic (exact) mass is 376 g/mol. The average molecular weight is 377 g/mol. The molecule has 1 amide bonds. The Morgan fingerprint density at radius 3 is 2.27 bits per heavy atom. The van der Waals surface area contributed by atoms with Crippen molar-refractivity contribution < 1.29 is 14.7 Å². The van der Waals surface area contributed by atoms with E-state index in [1.165, 1.54) is 34.8 Å². The van der Waals surface area contributed by atoms with Crippen molar-refractivity contribution in [2.24, 2.45) is 11.8 Å². The van der Waals surface area contributed by atoms with Gasteiger partial charge in [0.1, 0.15) is 0 Å². The van der Waals surface area contributed by atoms with Crippen molar-refractivity contribution >= 4 is 23.2 Å². The van der Waals surface area contributed by atoms with Crippen LogP contribution < -0.4 is 0 Å². The largest absolute Gasteiger partial charge is 0.481 e. The van der Waals surface area contributed by atoms with E-state index in [1.54, 1.807) is 0 Å². The van der Waals surface area contributed by atoms with Gasteiger partial charge in [-0.25, -0.2) is 4.98 Å². The molecule has 1 N–H and O–H groups in total. The fraction of sp³-hybridized carbons (Fsp3) is 0.750. The Morgan fingerprint density at radius 2 is 1.62 bits per heavy atom. The Labute approximate surface area is 158 Å². The molecular formula is C20H28N2O3S. The molecule has 4 rings (SSSR count). The molecule has 3 aliphatic rings. The molecule has 0 aromatic carbocycles. The molecule has 0 radical (unpaired) electrons. The van der Waals surface area contributed by atoms with Crippen LogP contribution in [0.5, 0.6) is 0 Å². The molecule has 1 saturated carbocycles. The summed E-state index contributed by atoms with van der Waals surface area (Å²) in [6, 6.07) is 0. The first-order valence-corrected chi connectivity index (χ1v) is 10.9. The summed E-state index contributed by atoms with van der Waals surface area (Å²) in [5, 5.41) is 10.4. The fourth-order valence-electron chi connectivity index (χ4n) is 4.74. The summed E-state index contributed by atoms with van der Waals surface area (Å²) < 4.78 is 0. The summed E-state index contributed by atoms with van der Waals surface area (Å²) in [5.74, 6) is -0.152. The lowest BCUT2D eigenvalue weighted by Crippen LogP contribution is -2.42. The van der Waals surface area contributed by atoms with Crippen molar-refractivity contribution in [3.63, 3.8) is 0 Å². The van der Waals surface area contributed by atoms with Gasteiger partial charge < -0.3 is 10.0 Å². The summed E-state index contributed by atoms with van der Waals surface area (Å²) in [5.41, 5.74) is 1.34. The highest BCUT2D eigenvalue weighted by Crippen LogP contribution is 2.36. The minimum atomic E-state index is -0.706. The van der Waals surface area contributed by atoms with Crippen LogP contribution in [-0.2, 0) is 22.4 Å². The molecule has 26 heavy (non-hydrogen) atoms. The van der Waals surface area contributed by atoms with Gasteiger partial charge in [-0.15, -0.1) is 11.3 Å². The number of carbonyl (C=O) groups is 2. The maximum atomic E-state index is 12.8. The number of carboxylic acids is 1. The number of hydrogen-bond donors (Lipinski definition) is 1. The van der Waals surface area contributed by atoms with Gasteiger partial charge in [0.05, 0.1) is 16.6 Å². The standard InChI is InChI=1S/C20H28N2O3S/c23-19(14-5-7-15(8-6-14)20(24)25)22-11-9-13(10-12-22)18-21-16-3-1-2-4-17(16)26-18/h13-15H,1-12H2,(H,24,25). The van der Waals surface area contributed by atoms with Gasteiger partial charge in [0.15, 0.2) is 0 Å². The molecule has 2 aliphatic carbocycles. The van der Waals surface area contributed by atoms with Gasteiger partial charge in [-0.3, -0.25) is 9.59 Å². The lowest BCUT2D eigenvalue weighted by molar-refractivity contribution is -0.146. The molecule has 0 bridgehead atoms. The van der Waals surface area contributed by atoms with Crippen LogP contribution >= 0.6 is 11.3 Å². The first-order valence-electron chi connectivity index (χ1n) is 10.1. The average Bonchev–Trinajstić information content (AvgIpc) is 3.12. The Bertz CT molecular complexity index is 647. The van der Waals surface area contributed by atoms with Crippen LogP contribution in [0.2, 0.25) is 0 Å². The molecule has 2 heterocycles. The van der Waals surface area contributed by atoms with Gasteiger partial charge in [-0.2, -0.15) is 0 Å². The number of aliphatic carboxylic acids is 1. The molecule has 6 heteroatoms. The molecule has 1 aromatic heterocycles. The maximum Gasteiger partial charge on any atom is 0.306 e. The van der Waals surface area contributed by atoms with Gasteiger partial charge >= 0.3 is 5.97 Å². The van der Waals surface area contributed by atoms with Gasteiger partial charge in [0.25, 0.3) is 0 Å². The zero-order chi connectivity index (χ0) is 18.1. The summed E-state index contributed by atoms with van der Waals surface area (Å²) >= 11 is 1.91. The quantitative estimate of drug-likeness (QED) is 0.875. The van der Waals surface area contributed by atoms with E-state index < -0.39 is 5.97 Å². The number of aromatic nitrogens is 1. The maximum absolute atomic E-state index is 12.8. The normalized spacial score (nSPS) is 27.2. The third-order valence-electron chi connectivity index (χ3n) is 6.44. The van der Waals surface area contributed by atoms with E-state index in [4.69, 9.17) is 10.1 Å². The van der Waals surface area contributed by atoms with Crippen LogP contribution in [0.15, 0.2) is 0 Å². The third-order valence-corrected chi connectivity index (χ3v) is 7.76. The number of carbonyl (C=O) groups excluding carboxylic acids is 1. The minimum absolute atomic E-state index is 0.0364. The highest BCUT2D eigenvalue weighted by atomic mass is 32.1. The smallest absolute Gasteiger partial charge is 0.306 e. The van der Waals surface area contributed by atoms with Gasteiger partial charge in [-0.1, -0.05) is 0 Å². The minimum Gasteiger partial charge on any atom is -0.481 e. The summed E-state index contributed by atoms with van der Waals surface area (Å²) in [6.45, 7) is 1.65. The molecule has 1 aliphatic heterocycles. The van der Waals surface area contributed by atoms with Crippen LogP contribution in [-0.4, -0.2) is 40.0 Å². The number of thiazole rings is 1. The van der Waals surface area contributed by atoms with Crippen molar-refractivity contribution in [2.45, 2.75) is 70.1 Å². The molecule has 0 spiro atoms. The van der Waals surface area contributed by atoms with Gasteiger partial charge in [0, 0.05) is 29.8 Å². The third kappa shape index (κ3) is 3.66. The number of rotatable bonds is 3. The van der Waals surface area contributed by atoms with Crippen LogP contribution in [0, 0.1) is 11.8 Å². The predicted molar refractivity (Wildman–Crippen MR) is 100 cm³/mol. The molecule has 0 unspecified atom stereocenters. The van der Waals surface area contributed by atoms with Crippen LogP contribution in [0.1, 0.15) is 72.9 Å². The van der Waals surface area contributed by atoms with Gasteiger partial charge in [0.2, 0.25) is 5.91 Å². The Kier molecular flexibility index (Phi) is 5.30. The number of amides is 1. The van der Waals surface area contributed by atoms with Crippen molar-refractivity contribution in [1.29, 1.82) is 0 Å². The second-order valence-electron chi connectivity index (χ2n) is 8.12. The summed E-state index contributed by atoms with van der Waals surface area (Å²) in [4.78, 5) is 32.3. The molecule has 0 atom stereocenters. The van der Waals surface area contributed by atoms with E-state index in [9.17, 15) is 9.59 Å². The first kappa shape index (κ1) is 18.0. The van der Waals surface area contributed by atoms with Crippen LogP contribution in [0.25, 0.3) is 0 Å². The Balaban J connectivity index is 1.30. The van der Waals surface area contributed by atoms with E-state index in [0.717, 1.165) is 45.2 Å². The summed E-state index contributed by atoms with van der Waals surface area (Å²) in [6.07, 6.45) is 9.69. The van der Waals surface area contributed by atoms with Crippen molar-refractivity contribution in [3.05, 3.63) is 15.6 Å². The number of hydrogen-bond acceptors (Lipinski definition) is 4. The second-order valence-corrected chi connectivity index (χ2v) is 9.23. The van der Waals surface area contributed by atoms with Gasteiger partial charge in [-0.05, 0) is 64.2 Å². The first-order chi connectivity index (χ1) is 12.6. The number of piperidine rings is 1. The predicted octanol–water partition coefficient (Wildman–Crippen LogP) is 3.62. The van der Waals surface area contributed by atoms with Crippen molar-refractivity contribution in [2.75, 3.05) is 13.1 Å². The highest BCUT2D eigenvalue weighted by Gasteiger charge is 2.34. The molecule has 5 nitrogen and oxygen atoms in total. The Hall–Kier alpha value is -1.43. The topological polar surface area (TPSA) is 70.5 Å². The fourth-order valence-corrected chi connectivity index (χ4v) is 6.06. The number of nitrogens with zero attached hydrogens (tertiary/aromatic N) is 2. The van der Waals surface area contributed by atoms with Crippen LogP contribution in [0.4, 0.5) is 0 Å². The van der Waals surface area contributed by atoms with Crippen molar-refractivity contribution in [3.8, 4) is 0 Å².